The van der Waals surface area contributed by atoms with Crippen LogP contribution in [0.4, 0.5) is 0 Å². The predicted molar refractivity (Wildman–Crippen MR) is 75.6 cm³/mol. The Morgan fingerprint density at radius 2 is 1.95 bits per heavy atom. The molecule has 1 aromatic rings. The second kappa shape index (κ2) is 6.75. The average Bonchev–Trinajstić information content (AvgIpc) is 2.46. The van der Waals surface area contributed by atoms with Crippen molar-refractivity contribution in [3.8, 4) is 11.5 Å². The Kier molecular flexibility index (Phi) is 5.02. The molecule has 0 atom stereocenters. The van der Waals surface area contributed by atoms with Gasteiger partial charge in [-0.3, -0.25) is 4.98 Å². The van der Waals surface area contributed by atoms with E-state index >= 15 is 0 Å². The Balaban J connectivity index is 1.95. The molecule has 0 bridgehead atoms. The summed E-state index contributed by atoms with van der Waals surface area (Å²) in [7, 11) is 3.31. The van der Waals surface area contributed by atoms with E-state index in [1.807, 2.05) is 6.07 Å². The van der Waals surface area contributed by atoms with Crippen LogP contribution in [0.3, 0.4) is 0 Å². The Bertz CT molecular complexity index is 401. The fourth-order valence-electron chi connectivity index (χ4n) is 2.68. The molecule has 1 heterocycles. The highest BCUT2D eigenvalue weighted by Crippen LogP contribution is 2.29. The van der Waals surface area contributed by atoms with E-state index in [9.17, 15) is 0 Å². The molecule has 0 amide bonds. The van der Waals surface area contributed by atoms with E-state index in [2.05, 4.69) is 17.2 Å². The van der Waals surface area contributed by atoms with Crippen LogP contribution in [0.25, 0.3) is 0 Å². The van der Waals surface area contributed by atoms with Crippen molar-refractivity contribution >= 4 is 0 Å². The molecule has 1 aliphatic carbocycles. The summed E-state index contributed by atoms with van der Waals surface area (Å²) in [5.74, 6) is 2.36. The summed E-state index contributed by atoms with van der Waals surface area (Å²) in [5.41, 5.74) is 0.917. The van der Waals surface area contributed by atoms with Crippen molar-refractivity contribution in [2.75, 3.05) is 14.2 Å². The number of pyridine rings is 1. The first-order valence-electron chi connectivity index (χ1n) is 7.03. The smallest absolute Gasteiger partial charge is 0.183 e. The second-order valence-corrected chi connectivity index (χ2v) is 5.33. The highest BCUT2D eigenvalue weighted by Gasteiger charge is 2.19. The molecule has 4 nitrogen and oxygen atoms in total. The standard InChI is InChI=1S/C15H24N2O2/c1-11-4-6-12(7-5-11)17-10-13-15(19-3)14(18-2)8-9-16-13/h8-9,11-12,17H,4-7,10H2,1-3H3. The van der Waals surface area contributed by atoms with Crippen molar-refractivity contribution in [2.45, 2.75) is 45.2 Å². The Hall–Kier alpha value is -1.29. The van der Waals surface area contributed by atoms with Crippen molar-refractivity contribution in [3.63, 3.8) is 0 Å². The Morgan fingerprint density at radius 3 is 2.58 bits per heavy atom. The van der Waals surface area contributed by atoms with Gasteiger partial charge in [0.2, 0.25) is 0 Å². The number of rotatable bonds is 5. The van der Waals surface area contributed by atoms with Gasteiger partial charge >= 0.3 is 0 Å². The minimum Gasteiger partial charge on any atom is -0.493 e. The maximum absolute atomic E-state index is 5.40. The normalized spacial score (nSPS) is 23.1. The van der Waals surface area contributed by atoms with Crippen LogP contribution in [-0.4, -0.2) is 25.2 Å². The third-order valence-electron chi connectivity index (χ3n) is 3.94. The van der Waals surface area contributed by atoms with Gasteiger partial charge in [0.05, 0.1) is 19.9 Å². The summed E-state index contributed by atoms with van der Waals surface area (Å²) < 4.78 is 10.7. The lowest BCUT2D eigenvalue weighted by atomic mass is 9.87. The number of nitrogens with one attached hydrogen (secondary N) is 1. The molecule has 1 aromatic heterocycles. The zero-order valence-electron chi connectivity index (χ0n) is 12.1. The molecule has 0 radical (unpaired) electrons. The van der Waals surface area contributed by atoms with Gasteiger partial charge in [0.25, 0.3) is 0 Å². The molecule has 0 aromatic carbocycles. The van der Waals surface area contributed by atoms with Crippen LogP contribution < -0.4 is 14.8 Å². The van der Waals surface area contributed by atoms with Gasteiger partial charge in [0.15, 0.2) is 11.5 Å². The topological polar surface area (TPSA) is 43.4 Å². The Labute approximate surface area is 115 Å². The number of aromatic nitrogens is 1. The molecule has 106 valence electrons. The number of hydrogen-bond acceptors (Lipinski definition) is 4. The van der Waals surface area contributed by atoms with Gasteiger partial charge in [-0.2, -0.15) is 0 Å². The molecule has 0 spiro atoms. The molecule has 0 saturated heterocycles. The van der Waals surface area contributed by atoms with Gasteiger partial charge in [0, 0.05) is 24.8 Å². The summed E-state index contributed by atoms with van der Waals surface area (Å²) >= 11 is 0. The van der Waals surface area contributed by atoms with Crippen LogP contribution in [0.5, 0.6) is 11.5 Å². The fourth-order valence-corrected chi connectivity index (χ4v) is 2.68. The lowest BCUT2D eigenvalue weighted by molar-refractivity contribution is 0.302. The third-order valence-corrected chi connectivity index (χ3v) is 3.94. The van der Waals surface area contributed by atoms with Gasteiger partial charge in [-0.15, -0.1) is 0 Å². The van der Waals surface area contributed by atoms with E-state index in [1.54, 1.807) is 20.4 Å². The van der Waals surface area contributed by atoms with Gasteiger partial charge in [0.1, 0.15) is 0 Å². The average molecular weight is 264 g/mol. The largest absolute Gasteiger partial charge is 0.493 e. The molecular formula is C15H24N2O2. The minimum atomic E-state index is 0.605. The van der Waals surface area contributed by atoms with Crippen LogP contribution in [0.15, 0.2) is 12.3 Å². The predicted octanol–water partition coefficient (Wildman–Crippen LogP) is 2.77. The molecule has 4 heteroatoms. The molecule has 1 fully saturated rings. The highest BCUT2D eigenvalue weighted by molar-refractivity contribution is 5.42. The lowest BCUT2D eigenvalue weighted by Gasteiger charge is -2.27. The van der Waals surface area contributed by atoms with E-state index in [0.717, 1.165) is 29.7 Å². The van der Waals surface area contributed by atoms with Crippen LogP contribution in [0.2, 0.25) is 0 Å². The van der Waals surface area contributed by atoms with Crippen molar-refractivity contribution in [2.24, 2.45) is 5.92 Å². The van der Waals surface area contributed by atoms with Gasteiger partial charge < -0.3 is 14.8 Å². The van der Waals surface area contributed by atoms with E-state index in [4.69, 9.17) is 9.47 Å². The monoisotopic (exact) mass is 264 g/mol. The maximum Gasteiger partial charge on any atom is 0.183 e. The van der Waals surface area contributed by atoms with E-state index in [0.29, 0.717) is 6.04 Å². The number of nitrogens with zero attached hydrogens (tertiary/aromatic N) is 1. The van der Waals surface area contributed by atoms with Crippen LogP contribution in [0, 0.1) is 5.92 Å². The summed E-state index contributed by atoms with van der Waals surface area (Å²) in [6, 6.07) is 2.43. The second-order valence-electron chi connectivity index (χ2n) is 5.33. The molecular weight excluding hydrogens is 240 g/mol. The van der Waals surface area contributed by atoms with Crippen LogP contribution >= 0.6 is 0 Å². The SMILES string of the molecule is COc1ccnc(CNC2CCC(C)CC2)c1OC. The highest BCUT2D eigenvalue weighted by atomic mass is 16.5. The van der Waals surface area contributed by atoms with E-state index in [-0.39, 0.29) is 0 Å². The van der Waals surface area contributed by atoms with Crippen LogP contribution in [-0.2, 0) is 6.54 Å². The van der Waals surface area contributed by atoms with E-state index in [1.165, 1.54) is 25.7 Å². The molecule has 0 unspecified atom stereocenters. The fraction of sp³-hybridized carbons (Fsp3) is 0.667. The van der Waals surface area contributed by atoms with Gasteiger partial charge in [-0.1, -0.05) is 6.92 Å². The third kappa shape index (κ3) is 3.60. The number of ether oxygens (including phenoxy) is 2. The van der Waals surface area contributed by atoms with Crippen molar-refractivity contribution in [1.82, 2.24) is 10.3 Å². The van der Waals surface area contributed by atoms with Gasteiger partial charge in [-0.05, 0) is 31.6 Å². The molecule has 2 rings (SSSR count). The summed E-state index contributed by atoms with van der Waals surface area (Å²) in [4.78, 5) is 4.39. The van der Waals surface area contributed by atoms with Gasteiger partial charge in [-0.25, -0.2) is 0 Å². The Morgan fingerprint density at radius 1 is 1.21 bits per heavy atom. The number of hydrogen-bond donors (Lipinski definition) is 1. The summed E-state index contributed by atoms with van der Waals surface area (Å²) in [5, 5.41) is 3.59. The molecule has 0 aliphatic heterocycles. The molecule has 1 saturated carbocycles. The first kappa shape index (κ1) is 14.1. The molecule has 1 N–H and O–H groups in total. The molecule has 19 heavy (non-hydrogen) atoms. The summed E-state index contributed by atoms with van der Waals surface area (Å²) in [6.45, 7) is 3.07. The zero-order chi connectivity index (χ0) is 13.7. The lowest BCUT2D eigenvalue weighted by Crippen LogP contribution is -2.32. The number of methoxy groups -OCH3 is 2. The van der Waals surface area contributed by atoms with E-state index < -0.39 is 0 Å². The first-order chi connectivity index (χ1) is 9.24. The molecule has 1 aliphatic rings. The first-order valence-corrected chi connectivity index (χ1v) is 7.03. The summed E-state index contributed by atoms with van der Waals surface area (Å²) in [6.07, 6.45) is 6.92. The maximum atomic E-state index is 5.40. The quantitative estimate of drug-likeness (QED) is 0.888. The van der Waals surface area contributed by atoms with Crippen molar-refractivity contribution in [1.29, 1.82) is 0 Å². The minimum absolute atomic E-state index is 0.605. The zero-order valence-corrected chi connectivity index (χ0v) is 12.1. The van der Waals surface area contributed by atoms with Crippen LogP contribution in [0.1, 0.15) is 38.3 Å². The van der Waals surface area contributed by atoms with Crippen molar-refractivity contribution in [3.05, 3.63) is 18.0 Å². The van der Waals surface area contributed by atoms with Crippen molar-refractivity contribution < 1.29 is 9.47 Å².